The van der Waals surface area contributed by atoms with E-state index in [1.165, 1.54) is 0 Å². The van der Waals surface area contributed by atoms with Crippen molar-refractivity contribution in [2.75, 3.05) is 5.32 Å². The Morgan fingerprint density at radius 1 is 0.967 bits per heavy atom. The summed E-state index contributed by atoms with van der Waals surface area (Å²) in [6.45, 7) is 0.716. The predicted molar refractivity (Wildman–Crippen MR) is 113 cm³/mol. The second kappa shape index (κ2) is 10.7. The number of aliphatic carboxylic acids is 1. The molecule has 3 N–H and O–H groups in total. The van der Waals surface area contributed by atoms with Crippen LogP contribution in [0.1, 0.15) is 17.7 Å². The van der Waals surface area contributed by atoms with Crippen LogP contribution in [0.2, 0.25) is 0 Å². The second-order valence-corrected chi connectivity index (χ2v) is 6.64. The van der Waals surface area contributed by atoms with Gasteiger partial charge < -0.3 is 15.2 Å². The number of nitrogens with one attached hydrogen (secondary N) is 2. The Morgan fingerprint density at radius 2 is 1.70 bits per heavy atom. The molecule has 0 spiro atoms. The Kier molecular flexibility index (Phi) is 7.51. The third-order valence-corrected chi connectivity index (χ3v) is 4.33. The highest BCUT2D eigenvalue weighted by atomic mass is 16.5. The molecule has 0 fully saturated rings. The summed E-state index contributed by atoms with van der Waals surface area (Å²) in [7, 11) is 0. The molecule has 2 aromatic carbocycles. The van der Waals surface area contributed by atoms with E-state index in [0.717, 1.165) is 5.56 Å². The van der Waals surface area contributed by atoms with Crippen LogP contribution in [0.3, 0.4) is 0 Å². The molecule has 3 rings (SSSR count). The Hall–Kier alpha value is -3.71. The van der Waals surface area contributed by atoms with Crippen LogP contribution in [0.25, 0.3) is 0 Å². The van der Waals surface area contributed by atoms with Gasteiger partial charge in [0.05, 0.1) is 12.1 Å². The van der Waals surface area contributed by atoms with Gasteiger partial charge in [-0.05, 0) is 42.0 Å². The summed E-state index contributed by atoms with van der Waals surface area (Å²) < 4.78 is 5.72. The summed E-state index contributed by atoms with van der Waals surface area (Å²) in [5, 5.41) is 14.9. The van der Waals surface area contributed by atoms with Crippen LogP contribution in [-0.4, -0.2) is 28.0 Å². The SMILES string of the molecule is O=C(CC(NCc1ccccn1)C(=O)O)Nc1ccc(OCc2ccccc2)cc1. The number of benzene rings is 2. The molecule has 0 saturated heterocycles. The quantitative estimate of drug-likeness (QED) is 0.479. The van der Waals surface area contributed by atoms with Gasteiger partial charge in [-0.2, -0.15) is 0 Å². The third kappa shape index (κ3) is 6.72. The molecule has 1 atom stereocenters. The minimum Gasteiger partial charge on any atom is -0.489 e. The molecule has 0 aliphatic heterocycles. The second-order valence-electron chi connectivity index (χ2n) is 6.64. The van der Waals surface area contributed by atoms with Crippen LogP contribution >= 0.6 is 0 Å². The van der Waals surface area contributed by atoms with E-state index in [1.54, 1.807) is 42.6 Å². The van der Waals surface area contributed by atoms with E-state index in [0.29, 0.717) is 23.7 Å². The van der Waals surface area contributed by atoms with Gasteiger partial charge in [0.1, 0.15) is 18.4 Å². The van der Waals surface area contributed by atoms with Crippen molar-refractivity contribution >= 4 is 17.6 Å². The van der Waals surface area contributed by atoms with Crippen molar-refractivity contribution in [3.8, 4) is 5.75 Å². The van der Waals surface area contributed by atoms with E-state index < -0.39 is 17.9 Å². The van der Waals surface area contributed by atoms with Gasteiger partial charge in [0.2, 0.25) is 5.91 Å². The monoisotopic (exact) mass is 405 g/mol. The smallest absolute Gasteiger partial charge is 0.321 e. The van der Waals surface area contributed by atoms with E-state index in [2.05, 4.69) is 15.6 Å². The maximum absolute atomic E-state index is 12.3. The first-order valence-electron chi connectivity index (χ1n) is 9.53. The maximum atomic E-state index is 12.3. The van der Waals surface area contributed by atoms with E-state index >= 15 is 0 Å². The molecule has 0 aliphatic carbocycles. The molecule has 0 radical (unpaired) electrons. The van der Waals surface area contributed by atoms with Crippen molar-refractivity contribution in [2.45, 2.75) is 25.6 Å². The first-order chi connectivity index (χ1) is 14.6. The number of carbonyl (C=O) groups is 2. The number of nitrogens with zero attached hydrogens (tertiary/aromatic N) is 1. The van der Waals surface area contributed by atoms with Crippen LogP contribution in [-0.2, 0) is 22.7 Å². The van der Waals surface area contributed by atoms with Crippen LogP contribution in [0, 0.1) is 0 Å². The molecule has 154 valence electrons. The molecule has 0 saturated carbocycles. The number of carboxylic acids is 1. The molecular weight excluding hydrogens is 382 g/mol. The van der Waals surface area contributed by atoms with Crippen molar-refractivity contribution in [1.82, 2.24) is 10.3 Å². The highest BCUT2D eigenvalue weighted by molar-refractivity contribution is 5.94. The van der Waals surface area contributed by atoms with Crippen molar-refractivity contribution in [2.24, 2.45) is 0 Å². The van der Waals surface area contributed by atoms with Crippen LogP contribution in [0.5, 0.6) is 5.75 Å². The van der Waals surface area contributed by atoms with E-state index in [-0.39, 0.29) is 13.0 Å². The number of carboxylic acid groups (broad SMARTS) is 1. The van der Waals surface area contributed by atoms with Crippen LogP contribution in [0.4, 0.5) is 5.69 Å². The molecule has 1 heterocycles. The number of ether oxygens (including phenoxy) is 1. The fraction of sp³-hybridized carbons (Fsp3) is 0.174. The zero-order valence-electron chi connectivity index (χ0n) is 16.3. The van der Waals surface area contributed by atoms with Gasteiger partial charge >= 0.3 is 5.97 Å². The lowest BCUT2D eigenvalue weighted by atomic mass is 10.2. The number of aromatic nitrogens is 1. The number of pyridine rings is 1. The number of hydrogen-bond donors (Lipinski definition) is 3. The number of carbonyl (C=O) groups excluding carboxylic acids is 1. The molecule has 7 heteroatoms. The van der Waals surface area contributed by atoms with Gasteiger partial charge in [-0.3, -0.25) is 19.9 Å². The highest BCUT2D eigenvalue weighted by Gasteiger charge is 2.21. The molecule has 1 aromatic heterocycles. The molecule has 0 bridgehead atoms. The average Bonchev–Trinajstić information content (AvgIpc) is 2.77. The summed E-state index contributed by atoms with van der Waals surface area (Å²) in [6, 6.07) is 21.1. The Balaban J connectivity index is 1.48. The first kappa shape index (κ1) is 21.0. The van der Waals surface area contributed by atoms with Crippen molar-refractivity contribution in [1.29, 1.82) is 0 Å². The fourth-order valence-electron chi connectivity index (χ4n) is 2.75. The normalized spacial score (nSPS) is 11.5. The summed E-state index contributed by atoms with van der Waals surface area (Å²) in [4.78, 5) is 27.9. The van der Waals surface area contributed by atoms with E-state index in [4.69, 9.17) is 4.74 Å². The molecule has 1 amide bonds. The molecule has 30 heavy (non-hydrogen) atoms. The number of hydrogen-bond acceptors (Lipinski definition) is 5. The van der Waals surface area contributed by atoms with Gasteiger partial charge in [-0.25, -0.2) is 0 Å². The molecule has 3 aromatic rings. The van der Waals surface area contributed by atoms with Crippen LogP contribution in [0.15, 0.2) is 79.0 Å². The van der Waals surface area contributed by atoms with Gasteiger partial charge in [0.25, 0.3) is 0 Å². The molecule has 1 unspecified atom stereocenters. The topological polar surface area (TPSA) is 101 Å². The van der Waals surface area contributed by atoms with Gasteiger partial charge in [-0.15, -0.1) is 0 Å². The summed E-state index contributed by atoms with van der Waals surface area (Å²) >= 11 is 0. The zero-order chi connectivity index (χ0) is 21.2. The largest absolute Gasteiger partial charge is 0.489 e. The lowest BCUT2D eigenvalue weighted by Crippen LogP contribution is -2.39. The lowest BCUT2D eigenvalue weighted by Gasteiger charge is -2.14. The average molecular weight is 405 g/mol. The van der Waals surface area contributed by atoms with Gasteiger partial charge in [-0.1, -0.05) is 36.4 Å². The maximum Gasteiger partial charge on any atom is 0.321 e. The lowest BCUT2D eigenvalue weighted by molar-refractivity contribution is -0.141. The summed E-state index contributed by atoms with van der Waals surface area (Å²) in [6.07, 6.45) is 1.43. The predicted octanol–water partition coefficient (Wildman–Crippen LogP) is 3.23. The Bertz CT molecular complexity index is 947. The number of amides is 1. The van der Waals surface area contributed by atoms with E-state index in [9.17, 15) is 14.7 Å². The molecule has 7 nitrogen and oxygen atoms in total. The van der Waals surface area contributed by atoms with Crippen LogP contribution < -0.4 is 15.4 Å². The fourth-order valence-corrected chi connectivity index (χ4v) is 2.75. The standard InChI is InChI=1S/C23H23N3O4/c27-22(14-21(23(28)29)25-15-19-8-4-5-13-24-19)26-18-9-11-20(12-10-18)30-16-17-6-2-1-3-7-17/h1-13,21,25H,14-16H2,(H,26,27)(H,28,29). The van der Waals surface area contributed by atoms with Gasteiger partial charge in [0, 0.05) is 18.4 Å². The van der Waals surface area contributed by atoms with Crippen molar-refractivity contribution in [3.63, 3.8) is 0 Å². The summed E-state index contributed by atoms with van der Waals surface area (Å²) in [5.74, 6) is -0.808. The third-order valence-electron chi connectivity index (χ3n) is 4.33. The van der Waals surface area contributed by atoms with Crippen molar-refractivity contribution < 1.29 is 19.4 Å². The zero-order valence-corrected chi connectivity index (χ0v) is 16.3. The van der Waals surface area contributed by atoms with Gasteiger partial charge in [0.15, 0.2) is 0 Å². The highest BCUT2D eigenvalue weighted by Crippen LogP contribution is 2.17. The molecule has 0 aliphatic rings. The summed E-state index contributed by atoms with van der Waals surface area (Å²) in [5.41, 5.74) is 2.34. The minimum absolute atomic E-state index is 0.200. The van der Waals surface area contributed by atoms with Crippen molar-refractivity contribution in [3.05, 3.63) is 90.3 Å². The Morgan fingerprint density at radius 3 is 2.37 bits per heavy atom. The number of rotatable bonds is 10. The van der Waals surface area contributed by atoms with E-state index in [1.807, 2.05) is 36.4 Å². The minimum atomic E-state index is -1.09. The Labute approximate surface area is 174 Å². The first-order valence-corrected chi connectivity index (χ1v) is 9.53. The molecular formula is C23H23N3O4. The number of anilines is 1.